The van der Waals surface area contributed by atoms with E-state index >= 15 is 8.78 Å². The number of benzene rings is 3. The number of sulfonamides is 1. The Balaban J connectivity index is 1.47. The molecule has 2 fully saturated rings. The fourth-order valence-electron chi connectivity index (χ4n) is 7.17. The Morgan fingerprint density at radius 2 is 1.64 bits per heavy atom. The number of sulfone groups is 1. The first-order valence-corrected chi connectivity index (χ1v) is 17.0. The van der Waals surface area contributed by atoms with Crippen LogP contribution in [0.15, 0.2) is 65.6 Å². The van der Waals surface area contributed by atoms with Gasteiger partial charge in [-0.05, 0) is 79.3 Å². The third-order valence-corrected chi connectivity index (χ3v) is 13.6. The molecule has 1 saturated carbocycles. The van der Waals surface area contributed by atoms with Crippen molar-refractivity contribution in [3.63, 3.8) is 0 Å². The second-order valence-corrected chi connectivity index (χ2v) is 15.6. The van der Waals surface area contributed by atoms with Crippen molar-refractivity contribution < 1.29 is 48.3 Å². The fourth-order valence-corrected chi connectivity index (χ4v) is 11.4. The van der Waals surface area contributed by atoms with Crippen LogP contribution in [-0.4, -0.2) is 46.7 Å². The third kappa shape index (κ3) is 4.76. The SMILES string of the molecule is COc1ccc(CN2[C@H]3CC[C@@]4(S(=O)(=O)c5ccc(C(F)(F)F)cc5)c5c(F)ccc(F)c5OC[C@H]4[C@H]3CCS2(=O)=O)cc1. The Bertz CT molecular complexity index is 1800. The van der Waals surface area contributed by atoms with Gasteiger partial charge in [0.1, 0.15) is 16.3 Å². The predicted octanol–water partition coefficient (Wildman–Crippen LogP) is 5.68. The Labute approximate surface area is 251 Å². The van der Waals surface area contributed by atoms with Crippen LogP contribution in [0.3, 0.4) is 0 Å². The molecule has 44 heavy (non-hydrogen) atoms. The number of rotatable bonds is 5. The summed E-state index contributed by atoms with van der Waals surface area (Å²) in [5.41, 5.74) is -0.907. The average Bonchev–Trinajstić information content (AvgIpc) is 2.99. The van der Waals surface area contributed by atoms with Gasteiger partial charge in [0, 0.05) is 18.5 Å². The molecule has 1 aliphatic carbocycles. The van der Waals surface area contributed by atoms with Gasteiger partial charge >= 0.3 is 6.18 Å². The molecule has 0 aromatic heterocycles. The summed E-state index contributed by atoms with van der Waals surface area (Å²) in [7, 11) is -6.97. The fraction of sp³-hybridized carbons (Fsp3) is 0.400. The minimum atomic E-state index is -4.72. The van der Waals surface area contributed by atoms with E-state index in [2.05, 4.69) is 0 Å². The monoisotopic (exact) mass is 657 g/mol. The molecule has 2 heterocycles. The summed E-state index contributed by atoms with van der Waals surface area (Å²) >= 11 is 0. The summed E-state index contributed by atoms with van der Waals surface area (Å²) in [4.78, 5) is -0.482. The molecular formula is C30H28F5NO6S2. The van der Waals surface area contributed by atoms with Crippen LogP contribution in [0.2, 0.25) is 0 Å². The van der Waals surface area contributed by atoms with E-state index in [0.29, 0.717) is 23.4 Å². The van der Waals surface area contributed by atoms with Gasteiger partial charge in [0.15, 0.2) is 21.4 Å². The van der Waals surface area contributed by atoms with Crippen molar-refractivity contribution in [1.29, 1.82) is 0 Å². The van der Waals surface area contributed by atoms with E-state index in [1.807, 2.05) is 0 Å². The first-order valence-electron chi connectivity index (χ1n) is 13.9. The van der Waals surface area contributed by atoms with Gasteiger partial charge in [-0.25, -0.2) is 25.6 Å². The molecule has 0 amide bonds. The summed E-state index contributed by atoms with van der Waals surface area (Å²) in [6.07, 6.45) is -5.02. The van der Waals surface area contributed by atoms with Crippen molar-refractivity contribution in [1.82, 2.24) is 4.31 Å². The number of hydrogen-bond donors (Lipinski definition) is 0. The van der Waals surface area contributed by atoms with E-state index in [1.165, 1.54) is 11.4 Å². The number of methoxy groups -OCH3 is 1. The van der Waals surface area contributed by atoms with Gasteiger partial charge in [-0.2, -0.15) is 17.5 Å². The molecule has 3 aromatic carbocycles. The maximum absolute atomic E-state index is 15.7. The van der Waals surface area contributed by atoms with E-state index in [9.17, 15) is 30.0 Å². The zero-order chi connectivity index (χ0) is 31.7. The van der Waals surface area contributed by atoms with Crippen LogP contribution in [0.1, 0.15) is 36.0 Å². The smallest absolute Gasteiger partial charge is 0.416 e. The quantitative estimate of drug-likeness (QED) is 0.328. The standard InChI is InChI=1S/C30H28F5NO6S2/c1-41-20-6-2-18(3-7-20)16-36-26-12-14-29(44(39,40)21-8-4-19(5-9-21)30(33,34)35)23(22(26)13-15-43(36,37)38)17-42-28-25(32)11-10-24(31)27(28)29/h2-11,22-23,26H,12-17H2,1H3/t22-,23+,26+,29+/m1/s1. The maximum Gasteiger partial charge on any atom is 0.416 e. The molecule has 236 valence electrons. The molecule has 0 bridgehead atoms. The van der Waals surface area contributed by atoms with E-state index in [1.54, 1.807) is 24.3 Å². The lowest BCUT2D eigenvalue weighted by molar-refractivity contribution is -0.137. The van der Waals surface area contributed by atoms with Gasteiger partial charge in [-0.15, -0.1) is 0 Å². The van der Waals surface area contributed by atoms with Gasteiger partial charge in [-0.1, -0.05) is 12.1 Å². The van der Waals surface area contributed by atoms with Crippen LogP contribution in [0.4, 0.5) is 22.0 Å². The summed E-state index contributed by atoms with van der Waals surface area (Å²) in [5.74, 6) is -3.98. The highest BCUT2D eigenvalue weighted by molar-refractivity contribution is 7.92. The maximum atomic E-state index is 15.7. The van der Waals surface area contributed by atoms with Gasteiger partial charge in [0.2, 0.25) is 10.0 Å². The Hall–Kier alpha value is -3.23. The topological polar surface area (TPSA) is 90.0 Å². The van der Waals surface area contributed by atoms with Gasteiger partial charge < -0.3 is 9.47 Å². The normalized spacial score (nSPS) is 26.5. The van der Waals surface area contributed by atoms with E-state index < -0.39 is 82.1 Å². The molecule has 0 unspecified atom stereocenters. The summed E-state index contributed by atoms with van der Waals surface area (Å²) in [6, 6.07) is 10.7. The highest BCUT2D eigenvalue weighted by Crippen LogP contribution is 2.60. The lowest BCUT2D eigenvalue weighted by Gasteiger charge is -2.56. The Kier molecular flexibility index (Phi) is 7.48. The molecule has 0 spiro atoms. The number of alkyl halides is 3. The second kappa shape index (κ2) is 10.7. The zero-order valence-corrected chi connectivity index (χ0v) is 25.0. The van der Waals surface area contributed by atoms with Gasteiger partial charge in [0.25, 0.3) is 0 Å². The third-order valence-electron chi connectivity index (χ3n) is 9.22. The van der Waals surface area contributed by atoms with Gasteiger partial charge in [-0.3, -0.25) is 0 Å². The Morgan fingerprint density at radius 1 is 0.977 bits per heavy atom. The van der Waals surface area contributed by atoms with Gasteiger partial charge in [0.05, 0.1) is 35.5 Å². The summed E-state index contributed by atoms with van der Waals surface area (Å²) in [6.45, 7) is -0.357. The average molecular weight is 658 g/mol. The molecule has 0 N–H and O–H groups in total. The molecular weight excluding hydrogens is 629 g/mol. The molecule has 14 heteroatoms. The highest BCUT2D eigenvalue weighted by Gasteiger charge is 2.64. The largest absolute Gasteiger partial charge is 0.497 e. The zero-order valence-electron chi connectivity index (χ0n) is 23.4. The number of fused-ring (bicyclic) bond motifs is 5. The van der Waals surface area contributed by atoms with Crippen molar-refractivity contribution in [2.75, 3.05) is 19.5 Å². The van der Waals surface area contributed by atoms with Crippen LogP contribution in [0.5, 0.6) is 11.5 Å². The van der Waals surface area contributed by atoms with Crippen molar-refractivity contribution in [3.05, 3.63) is 89.0 Å². The number of nitrogens with zero attached hydrogens (tertiary/aromatic N) is 1. The minimum absolute atomic E-state index is 0.000692. The van der Waals surface area contributed by atoms with Crippen LogP contribution in [0, 0.1) is 23.5 Å². The lowest BCUT2D eigenvalue weighted by atomic mass is 9.64. The van der Waals surface area contributed by atoms with Crippen LogP contribution in [0.25, 0.3) is 0 Å². The molecule has 7 nitrogen and oxygen atoms in total. The van der Waals surface area contributed by atoms with Crippen molar-refractivity contribution in [2.45, 2.75) is 47.7 Å². The molecule has 1 saturated heterocycles. The second-order valence-electron chi connectivity index (χ2n) is 11.3. The molecule has 0 radical (unpaired) electrons. The highest BCUT2D eigenvalue weighted by atomic mass is 32.2. The lowest BCUT2D eigenvalue weighted by Crippen LogP contribution is -2.63. The first kappa shape index (κ1) is 30.8. The van der Waals surface area contributed by atoms with Crippen molar-refractivity contribution in [2.24, 2.45) is 11.8 Å². The first-order chi connectivity index (χ1) is 20.7. The molecule has 2 aliphatic heterocycles. The van der Waals surface area contributed by atoms with E-state index in [4.69, 9.17) is 9.47 Å². The van der Waals surface area contributed by atoms with E-state index in [-0.39, 0.29) is 38.2 Å². The molecule has 4 atom stereocenters. The number of ether oxygens (including phenoxy) is 2. The Morgan fingerprint density at radius 3 is 2.27 bits per heavy atom. The van der Waals surface area contributed by atoms with Crippen LogP contribution >= 0.6 is 0 Å². The molecule has 3 aliphatic rings. The summed E-state index contributed by atoms with van der Waals surface area (Å²) < 4.78 is 137. The van der Waals surface area contributed by atoms with Crippen LogP contribution in [-0.2, 0) is 37.3 Å². The van der Waals surface area contributed by atoms with Crippen molar-refractivity contribution >= 4 is 19.9 Å². The van der Waals surface area contributed by atoms with Crippen LogP contribution < -0.4 is 9.47 Å². The predicted molar refractivity (Wildman–Crippen MR) is 149 cm³/mol. The van der Waals surface area contributed by atoms with E-state index in [0.717, 1.165) is 24.3 Å². The minimum Gasteiger partial charge on any atom is -0.497 e. The number of halogens is 5. The molecule has 3 aromatic rings. The number of hydrogen-bond acceptors (Lipinski definition) is 6. The van der Waals surface area contributed by atoms with Crippen molar-refractivity contribution in [3.8, 4) is 11.5 Å². The summed E-state index contributed by atoms with van der Waals surface area (Å²) in [5, 5.41) is 0. The molecule has 6 rings (SSSR count).